The van der Waals surface area contributed by atoms with Gasteiger partial charge in [0.25, 0.3) is 5.78 Å². The van der Waals surface area contributed by atoms with Crippen LogP contribution < -0.4 is 19.1 Å². The van der Waals surface area contributed by atoms with E-state index < -0.39 is 17.7 Å². The first kappa shape index (κ1) is 25.9. The second-order valence-corrected chi connectivity index (χ2v) is 11.1. The summed E-state index contributed by atoms with van der Waals surface area (Å²) in [5, 5.41) is 20.3. The number of hydrogen-bond acceptors (Lipinski definition) is 10. The highest BCUT2D eigenvalue weighted by Crippen LogP contribution is 2.45. The number of thioether (sulfide) groups is 1. The fourth-order valence-electron chi connectivity index (χ4n) is 4.58. The number of aliphatic hydroxyl groups excluding tert-OH is 1. The number of carbonyl (C=O) groups is 2. The van der Waals surface area contributed by atoms with Crippen molar-refractivity contribution in [1.29, 1.82) is 0 Å². The van der Waals surface area contributed by atoms with Crippen molar-refractivity contribution in [3.8, 4) is 17.2 Å². The Labute approximate surface area is 238 Å². The molecule has 1 saturated heterocycles. The van der Waals surface area contributed by atoms with Crippen molar-refractivity contribution in [3.63, 3.8) is 0 Å². The van der Waals surface area contributed by atoms with Crippen LogP contribution in [0.25, 0.3) is 5.76 Å². The maximum Gasteiger partial charge on any atom is 0.301 e. The summed E-state index contributed by atoms with van der Waals surface area (Å²) >= 11 is 2.70. The molecule has 1 N–H and O–H groups in total. The number of anilines is 1. The summed E-state index contributed by atoms with van der Waals surface area (Å²) in [5.74, 6) is 0.260. The number of amides is 1. The van der Waals surface area contributed by atoms with Gasteiger partial charge in [-0.15, -0.1) is 10.2 Å². The van der Waals surface area contributed by atoms with E-state index in [2.05, 4.69) is 10.2 Å². The topological polar surface area (TPSA) is 111 Å². The Morgan fingerprint density at radius 2 is 1.82 bits per heavy atom. The third-order valence-electron chi connectivity index (χ3n) is 6.48. The predicted octanol–water partition coefficient (Wildman–Crippen LogP) is 5.24. The molecule has 1 aromatic heterocycles. The van der Waals surface area contributed by atoms with Gasteiger partial charge >= 0.3 is 5.91 Å². The molecule has 202 valence electrons. The SMILES string of the molecule is COc1cccc(C2/C(=C(\O)c3ccc4c(c3)OCCO4)C(=O)C(=O)N2c2nnc(SCc3ccccc3)s2)c1. The molecule has 0 radical (unpaired) electrons. The van der Waals surface area contributed by atoms with Crippen LogP contribution in [0.5, 0.6) is 17.2 Å². The summed E-state index contributed by atoms with van der Waals surface area (Å²) in [6.07, 6.45) is 0. The van der Waals surface area contributed by atoms with E-state index in [9.17, 15) is 14.7 Å². The molecule has 3 aromatic carbocycles. The lowest BCUT2D eigenvalue weighted by Gasteiger charge is -2.23. The van der Waals surface area contributed by atoms with Crippen molar-refractivity contribution in [2.75, 3.05) is 25.2 Å². The number of Topliss-reactive ketones (excluding diaryl/α,β-unsaturated/α-hetero) is 1. The molecule has 4 aromatic rings. The molecular formula is C29H23N3O6S2. The molecule has 2 aliphatic rings. The third kappa shape index (κ3) is 4.89. The number of rotatable bonds is 7. The van der Waals surface area contributed by atoms with Crippen LogP contribution in [-0.2, 0) is 15.3 Å². The fraction of sp³-hybridized carbons (Fsp3) is 0.172. The average molecular weight is 574 g/mol. The van der Waals surface area contributed by atoms with Gasteiger partial charge in [-0.25, -0.2) is 0 Å². The molecule has 1 unspecified atom stereocenters. The number of methoxy groups -OCH3 is 1. The number of ketones is 1. The van der Waals surface area contributed by atoms with Crippen LogP contribution in [0, 0.1) is 0 Å². The zero-order chi connectivity index (χ0) is 27.6. The van der Waals surface area contributed by atoms with Crippen molar-refractivity contribution in [3.05, 3.63) is 95.1 Å². The summed E-state index contributed by atoms with van der Waals surface area (Å²) in [7, 11) is 1.53. The molecule has 9 nitrogen and oxygen atoms in total. The van der Waals surface area contributed by atoms with Crippen molar-refractivity contribution in [2.24, 2.45) is 0 Å². The van der Waals surface area contributed by atoms with Crippen LogP contribution in [0.15, 0.2) is 82.7 Å². The Balaban J connectivity index is 1.41. The van der Waals surface area contributed by atoms with Gasteiger partial charge in [-0.2, -0.15) is 0 Å². The van der Waals surface area contributed by atoms with Crippen molar-refractivity contribution in [1.82, 2.24) is 10.2 Å². The summed E-state index contributed by atoms with van der Waals surface area (Å²) in [6, 6.07) is 20.9. The van der Waals surface area contributed by atoms with E-state index in [1.807, 2.05) is 30.3 Å². The molecule has 40 heavy (non-hydrogen) atoms. The van der Waals surface area contributed by atoms with Gasteiger partial charge < -0.3 is 19.3 Å². The van der Waals surface area contributed by atoms with Gasteiger partial charge in [-0.1, -0.05) is 65.6 Å². The molecule has 1 fully saturated rings. The van der Waals surface area contributed by atoms with E-state index in [-0.39, 0.29) is 16.5 Å². The number of hydrogen-bond donors (Lipinski definition) is 1. The van der Waals surface area contributed by atoms with Gasteiger partial charge in [0.2, 0.25) is 5.13 Å². The van der Waals surface area contributed by atoms with E-state index in [0.29, 0.717) is 51.7 Å². The summed E-state index contributed by atoms with van der Waals surface area (Å²) in [6.45, 7) is 0.792. The van der Waals surface area contributed by atoms with Crippen molar-refractivity contribution in [2.45, 2.75) is 16.1 Å². The molecule has 6 rings (SSSR count). The Bertz CT molecular complexity index is 1620. The van der Waals surface area contributed by atoms with Crippen LogP contribution in [0.3, 0.4) is 0 Å². The molecule has 1 atom stereocenters. The molecule has 11 heteroatoms. The lowest BCUT2D eigenvalue weighted by atomic mass is 9.95. The van der Waals surface area contributed by atoms with Gasteiger partial charge in [0.05, 0.1) is 18.7 Å². The minimum absolute atomic E-state index is 0.0661. The number of aromatic nitrogens is 2. The highest BCUT2D eigenvalue weighted by Gasteiger charge is 2.48. The lowest BCUT2D eigenvalue weighted by molar-refractivity contribution is -0.132. The largest absolute Gasteiger partial charge is 0.507 e. The minimum atomic E-state index is -0.955. The van der Waals surface area contributed by atoms with Gasteiger partial charge in [0.1, 0.15) is 24.7 Å². The summed E-state index contributed by atoms with van der Waals surface area (Å²) in [4.78, 5) is 28.3. The predicted molar refractivity (Wildman–Crippen MR) is 151 cm³/mol. The normalized spacial score (nSPS) is 17.7. The van der Waals surface area contributed by atoms with Crippen molar-refractivity contribution >= 4 is 45.7 Å². The Hall–Kier alpha value is -4.35. The van der Waals surface area contributed by atoms with E-state index in [4.69, 9.17) is 14.2 Å². The quantitative estimate of drug-likeness (QED) is 0.104. The summed E-state index contributed by atoms with van der Waals surface area (Å²) in [5.41, 5.74) is 1.96. The Morgan fingerprint density at radius 1 is 1.02 bits per heavy atom. The van der Waals surface area contributed by atoms with E-state index in [0.717, 1.165) is 5.56 Å². The maximum absolute atomic E-state index is 13.5. The second kappa shape index (κ2) is 11.0. The van der Waals surface area contributed by atoms with Crippen LogP contribution in [-0.4, -0.2) is 47.3 Å². The van der Waals surface area contributed by atoms with Crippen LogP contribution in [0.4, 0.5) is 5.13 Å². The summed E-state index contributed by atoms with van der Waals surface area (Å²) < 4.78 is 17.3. The maximum atomic E-state index is 13.5. The zero-order valence-corrected chi connectivity index (χ0v) is 22.9. The lowest BCUT2D eigenvalue weighted by Crippen LogP contribution is -2.29. The third-order valence-corrected chi connectivity index (χ3v) is 8.60. The molecule has 2 aliphatic heterocycles. The van der Waals surface area contributed by atoms with Crippen LogP contribution >= 0.6 is 23.1 Å². The van der Waals surface area contributed by atoms with Gasteiger partial charge in [-0.3, -0.25) is 14.5 Å². The highest BCUT2D eigenvalue weighted by molar-refractivity contribution is 8.00. The van der Waals surface area contributed by atoms with E-state index >= 15 is 0 Å². The smallest absolute Gasteiger partial charge is 0.301 e. The zero-order valence-electron chi connectivity index (χ0n) is 21.3. The first-order valence-corrected chi connectivity index (χ1v) is 14.2. The van der Waals surface area contributed by atoms with Gasteiger partial charge in [0, 0.05) is 11.3 Å². The number of ether oxygens (including phenoxy) is 3. The molecule has 1 amide bonds. The first-order valence-electron chi connectivity index (χ1n) is 12.4. The Morgan fingerprint density at radius 3 is 2.62 bits per heavy atom. The fourth-order valence-corrected chi connectivity index (χ4v) is 6.40. The van der Waals surface area contributed by atoms with Crippen molar-refractivity contribution < 1.29 is 28.9 Å². The average Bonchev–Trinajstić information content (AvgIpc) is 3.57. The molecule has 0 bridgehead atoms. The number of aliphatic hydroxyl groups is 1. The number of benzene rings is 3. The monoisotopic (exact) mass is 573 g/mol. The molecule has 0 aliphatic carbocycles. The standard InChI is InChI=1S/C29H23N3O6S2/c1-36-20-9-5-8-18(14-20)24-23(25(33)19-10-11-21-22(15-19)38-13-12-37-21)26(34)27(35)32(24)28-30-31-29(40-28)39-16-17-6-3-2-4-7-17/h2-11,14-15,24,33H,12-13,16H2,1H3/b25-23+. The van der Waals surface area contributed by atoms with Crippen LogP contribution in [0.2, 0.25) is 0 Å². The van der Waals surface area contributed by atoms with Crippen LogP contribution in [0.1, 0.15) is 22.7 Å². The Kier molecular flexibility index (Phi) is 7.14. The molecule has 0 saturated carbocycles. The number of fused-ring (bicyclic) bond motifs is 1. The highest BCUT2D eigenvalue weighted by atomic mass is 32.2. The molecular weight excluding hydrogens is 550 g/mol. The van der Waals surface area contributed by atoms with Gasteiger partial charge in [0.15, 0.2) is 15.8 Å². The second-order valence-electron chi connectivity index (χ2n) is 8.93. The van der Waals surface area contributed by atoms with Gasteiger partial charge in [-0.05, 0) is 41.5 Å². The van der Waals surface area contributed by atoms with E-state index in [1.165, 1.54) is 35.1 Å². The number of carbonyl (C=O) groups excluding carboxylic acids is 2. The molecule has 0 spiro atoms. The molecule has 3 heterocycles. The number of nitrogens with zero attached hydrogens (tertiary/aromatic N) is 3. The first-order chi connectivity index (χ1) is 19.5. The minimum Gasteiger partial charge on any atom is -0.507 e. The van der Waals surface area contributed by atoms with E-state index in [1.54, 1.807) is 42.5 Å².